The molecule has 1 aromatic carbocycles. The molecule has 3 rings (SSSR count). The number of benzene rings is 1. The van der Waals surface area contributed by atoms with Crippen LogP contribution in [0.15, 0.2) is 40.8 Å². The highest BCUT2D eigenvalue weighted by atomic mass is 16.5. The van der Waals surface area contributed by atoms with Gasteiger partial charge < -0.3 is 19.2 Å². The van der Waals surface area contributed by atoms with Crippen molar-refractivity contribution in [1.82, 2.24) is 5.32 Å². The standard InChI is InChI=1S/C20H22N2O4/c1-24-16-7-3-4-8-17(16)25-13-15-9-10-18(26-15)19(23)22-20(14-21)11-5-2-6-12-20/h3-4,7-10H,2,5-6,11-13H2,1H3,(H,22,23). The molecular formula is C20H22N2O4. The minimum absolute atomic E-state index is 0.178. The zero-order valence-corrected chi connectivity index (χ0v) is 14.8. The minimum Gasteiger partial charge on any atom is -0.493 e. The quantitative estimate of drug-likeness (QED) is 0.852. The van der Waals surface area contributed by atoms with Crippen molar-refractivity contribution < 1.29 is 18.7 Å². The van der Waals surface area contributed by atoms with Crippen LogP contribution in [-0.4, -0.2) is 18.6 Å². The number of nitrogens with one attached hydrogen (secondary N) is 1. The third kappa shape index (κ3) is 3.99. The maximum absolute atomic E-state index is 12.4. The lowest BCUT2D eigenvalue weighted by molar-refractivity contribution is 0.0870. The first kappa shape index (κ1) is 17.9. The summed E-state index contributed by atoms with van der Waals surface area (Å²) in [5, 5.41) is 12.3. The second-order valence-corrected chi connectivity index (χ2v) is 6.41. The Bertz CT molecular complexity index is 800. The predicted octanol–water partition coefficient (Wildman–Crippen LogP) is 3.82. The van der Waals surface area contributed by atoms with Crippen LogP contribution in [0.1, 0.15) is 48.4 Å². The molecule has 1 amide bonds. The average molecular weight is 354 g/mol. The summed E-state index contributed by atoms with van der Waals surface area (Å²) in [5.74, 6) is 1.57. The van der Waals surface area contributed by atoms with E-state index in [1.165, 1.54) is 0 Å². The van der Waals surface area contributed by atoms with Gasteiger partial charge >= 0.3 is 0 Å². The average Bonchev–Trinajstić information content (AvgIpc) is 3.16. The summed E-state index contributed by atoms with van der Waals surface area (Å²) in [4.78, 5) is 12.4. The van der Waals surface area contributed by atoms with Crippen LogP contribution >= 0.6 is 0 Å². The molecule has 26 heavy (non-hydrogen) atoms. The maximum Gasteiger partial charge on any atom is 0.288 e. The molecule has 2 aromatic rings. The van der Waals surface area contributed by atoms with Gasteiger partial charge in [0, 0.05) is 0 Å². The SMILES string of the molecule is COc1ccccc1OCc1ccc(C(=O)NC2(C#N)CCCCC2)o1. The maximum atomic E-state index is 12.4. The number of hydrogen-bond acceptors (Lipinski definition) is 5. The third-order valence-electron chi connectivity index (χ3n) is 4.60. The van der Waals surface area contributed by atoms with Crippen LogP contribution in [0, 0.1) is 11.3 Å². The number of rotatable bonds is 6. The van der Waals surface area contributed by atoms with E-state index in [4.69, 9.17) is 13.9 Å². The largest absolute Gasteiger partial charge is 0.493 e. The summed E-state index contributed by atoms with van der Waals surface area (Å²) in [5.41, 5.74) is -0.782. The minimum atomic E-state index is -0.782. The number of ether oxygens (including phenoxy) is 2. The van der Waals surface area contributed by atoms with E-state index in [0.717, 1.165) is 19.3 Å². The van der Waals surface area contributed by atoms with Gasteiger partial charge in [-0.3, -0.25) is 4.79 Å². The molecule has 1 N–H and O–H groups in total. The van der Waals surface area contributed by atoms with Gasteiger partial charge in [0.05, 0.1) is 13.2 Å². The van der Waals surface area contributed by atoms with Gasteiger partial charge in [0.2, 0.25) is 0 Å². The van der Waals surface area contributed by atoms with Crippen molar-refractivity contribution in [3.63, 3.8) is 0 Å². The Morgan fingerprint density at radius 3 is 2.62 bits per heavy atom. The molecule has 6 nitrogen and oxygen atoms in total. The van der Waals surface area contributed by atoms with Gasteiger partial charge in [0.15, 0.2) is 17.3 Å². The van der Waals surface area contributed by atoms with E-state index in [1.54, 1.807) is 25.3 Å². The smallest absolute Gasteiger partial charge is 0.288 e. The molecule has 1 aliphatic rings. The molecule has 0 atom stereocenters. The van der Waals surface area contributed by atoms with E-state index in [1.807, 2.05) is 18.2 Å². The first-order valence-corrected chi connectivity index (χ1v) is 8.74. The molecule has 1 saturated carbocycles. The van der Waals surface area contributed by atoms with Crippen molar-refractivity contribution in [2.24, 2.45) is 0 Å². The highest BCUT2D eigenvalue weighted by Gasteiger charge is 2.34. The summed E-state index contributed by atoms with van der Waals surface area (Å²) < 4.78 is 16.5. The Kier molecular flexibility index (Phi) is 5.47. The fourth-order valence-corrected chi connectivity index (χ4v) is 3.16. The summed E-state index contributed by atoms with van der Waals surface area (Å²) in [6.45, 7) is 0.178. The number of carbonyl (C=O) groups excluding carboxylic acids is 1. The number of nitrogens with zero attached hydrogens (tertiary/aromatic N) is 1. The monoisotopic (exact) mass is 354 g/mol. The van der Waals surface area contributed by atoms with Crippen molar-refractivity contribution >= 4 is 5.91 Å². The number of methoxy groups -OCH3 is 1. The molecule has 0 spiro atoms. The second kappa shape index (κ2) is 7.96. The van der Waals surface area contributed by atoms with E-state index in [-0.39, 0.29) is 18.3 Å². The lowest BCUT2D eigenvalue weighted by Crippen LogP contribution is -2.48. The molecule has 1 heterocycles. The highest BCUT2D eigenvalue weighted by molar-refractivity contribution is 5.92. The first-order valence-electron chi connectivity index (χ1n) is 8.74. The predicted molar refractivity (Wildman–Crippen MR) is 94.9 cm³/mol. The molecular weight excluding hydrogens is 332 g/mol. The molecule has 1 aromatic heterocycles. The van der Waals surface area contributed by atoms with E-state index >= 15 is 0 Å². The molecule has 0 unspecified atom stereocenters. The zero-order chi connectivity index (χ0) is 18.4. The fraction of sp³-hybridized carbons (Fsp3) is 0.400. The van der Waals surface area contributed by atoms with E-state index in [2.05, 4.69) is 11.4 Å². The molecule has 0 radical (unpaired) electrons. The van der Waals surface area contributed by atoms with Gasteiger partial charge in [-0.05, 0) is 37.1 Å². The van der Waals surface area contributed by atoms with Gasteiger partial charge in [-0.1, -0.05) is 31.4 Å². The Morgan fingerprint density at radius 2 is 1.92 bits per heavy atom. The lowest BCUT2D eigenvalue weighted by Gasteiger charge is -2.31. The van der Waals surface area contributed by atoms with Crippen LogP contribution in [0.25, 0.3) is 0 Å². The molecule has 1 fully saturated rings. The lowest BCUT2D eigenvalue weighted by atomic mass is 9.83. The highest BCUT2D eigenvalue weighted by Crippen LogP contribution is 2.29. The van der Waals surface area contributed by atoms with Crippen LogP contribution in [0.2, 0.25) is 0 Å². The van der Waals surface area contributed by atoms with Crippen LogP contribution in [0.3, 0.4) is 0 Å². The molecule has 0 bridgehead atoms. The topological polar surface area (TPSA) is 84.5 Å². The van der Waals surface area contributed by atoms with Gasteiger partial charge in [-0.15, -0.1) is 0 Å². The molecule has 6 heteroatoms. The van der Waals surface area contributed by atoms with Crippen LogP contribution in [-0.2, 0) is 6.61 Å². The second-order valence-electron chi connectivity index (χ2n) is 6.41. The van der Waals surface area contributed by atoms with Crippen molar-refractivity contribution in [2.75, 3.05) is 7.11 Å². The normalized spacial score (nSPS) is 15.7. The fourth-order valence-electron chi connectivity index (χ4n) is 3.16. The number of furan rings is 1. The summed E-state index contributed by atoms with van der Waals surface area (Å²) >= 11 is 0. The summed E-state index contributed by atoms with van der Waals surface area (Å²) in [6.07, 6.45) is 4.36. The number of para-hydroxylation sites is 2. The molecule has 0 saturated heterocycles. The van der Waals surface area contributed by atoms with Crippen LogP contribution in [0.5, 0.6) is 11.5 Å². The zero-order valence-electron chi connectivity index (χ0n) is 14.8. The molecule has 0 aliphatic heterocycles. The van der Waals surface area contributed by atoms with E-state index in [9.17, 15) is 10.1 Å². The third-order valence-corrected chi connectivity index (χ3v) is 4.60. The number of amides is 1. The number of hydrogen-bond donors (Lipinski definition) is 1. The Balaban J connectivity index is 1.62. The van der Waals surface area contributed by atoms with Crippen molar-refractivity contribution in [1.29, 1.82) is 5.26 Å². The van der Waals surface area contributed by atoms with Gasteiger partial charge in [-0.2, -0.15) is 5.26 Å². The van der Waals surface area contributed by atoms with Crippen LogP contribution in [0.4, 0.5) is 0 Å². The molecule has 1 aliphatic carbocycles. The molecule has 136 valence electrons. The van der Waals surface area contributed by atoms with Crippen molar-refractivity contribution in [3.8, 4) is 17.6 Å². The number of nitriles is 1. The van der Waals surface area contributed by atoms with Gasteiger partial charge in [0.25, 0.3) is 5.91 Å². The van der Waals surface area contributed by atoms with E-state index < -0.39 is 5.54 Å². The Hall–Kier alpha value is -2.94. The van der Waals surface area contributed by atoms with Crippen molar-refractivity contribution in [2.45, 2.75) is 44.2 Å². The van der Waals surface area contributed by atoms with Gasteiger partial charge in [-0.25, -0.2) is 0 Å². The van der Waals surface area contributed by atoms with Gasteiger partial charge in [0.1, 0.15) is 17.9 Å². The summed E-state index contributed by atoms with van der Waals surface area (Å²) in [6, 6.07) is 12.9. The first-order chi connectivity index (χ1) is 12.7. The van der Waals surface area contributed by atoms with Crippen molar-refractivity contribution in [3.05, 3.63) is 47.9 Å². The van der Waals surface area contributed by atoms with Crippen LogP contribution < -0.4 is 14.8 Å². The number of carbonyl (C=O) groups is 1. The van der Waals surface area contributed by atoms with E-state index in [0.29, 0.717) is 30.1 Å². The Morgan fingerprint density at radius 1 is 1.19 bits per heavy atom. The Labute approximate surface area is 152 Å². The summed E-state index contributed by atoms with van der Waals surface area (Å²) in [7, 11) is 1.58.